The number of hydrogen-bond acceptors (Lipinski definition) is 5. The van der Waals surface area contributed by atoms with E-state index in [4.69, 9.17) is 4.42 Å². The molecule has 0 N–H and O–H groups in total. The third-order valence-corrected chi connectivity index (χ3v) is 6.24. The molecule has 1 aromatic heterocycles. The van der Waals surface area contributed by atoms with E-state index in [2.05, 4.69) is 0 Å². The van der Waals surface area contributed by atoms with Crippen molar-refractivity contribution in [3.63, 3.8) is 0 Å². The minimum absolute atomic E-state index is 0.0443. The lowest BCUT2D eigenvalue weighted by Crippen LogP contribution is -2.53. The molecule has 8 heteroatoms. The van der Waals surface area contributed by atoms with Crippen molar-refractivity contribution in [2.75, 3.05) is 37.7 Å². The number of nitrogens with zero attached hydrogens (tertiary/aromatic N) is 2. The molecule has 23 heavy (non-hydrogen) atoms. The summed E-state index contributed by atoms with van der Waals surface area (Å²) in [5.41, 5.74) is 0. The maximum Gasteiger partial charge on any atom is 0.289 e. The standard InChI is InChI=1S/C15H20N2O5S/c18-14(12-3-2-10-23(20,21)11-12)16-5-7-17(8-6-16)15(19)13-4-1-9-22-13/h1,4,9,12H,2-3,5-8,10-11H2. The monoisotopic (exact) mass is 340 g/mol. The first-order valence-electron chi connectivity index (χ1n) is 7.78. The van der Waals surface area contributed by atoms with Gasteiger partial charge in [-0.3, -0.25) is 9.59 Å². The average molecular weight is 340 g/mol. The molecule has 1 aromatic rings. The van der Waals surface area contributed by atoms with E-state index >= 15 is 0 Å². The molecular weight excluding hydrogens is 320 g/mol. The number of rotatable bonds is 2. The summed E-state index contributed by atoms with van der Waals surface area (Å²) in [4.78, 5) is 28.0. The lowest BCUT2D eigenvalue weighted by Gasteiger charge is -2.36. The van der Waals surface area contributed by atoms with Gasteiger partial charge in [-0.05, 0) is 25.0 Å². The van der Waals surface area contributed by atoms with E-state index in [0.717, 1.165) is 0 Å². The van der Waals surface area contributed by atoms with Gasteiger partial charge in [0.1, 0.15) is 0 Å². The molecule has 2 aliphatic heterocycles. The van der Waals surface area contributed by atoms with Crippen molar-refractivity contribution in [1.29, 1.82) is 0 Å². The third-order valence-electron chi connectivity index (χ3n) is 4.42. The fraction of sp³-hybridized carbons (Fsp3) is 0.600. The molecule has 1 unspecified atom stereocenters. The van der Waals surface area contributed by atoms with Gasteiger partial charge in [-0.2, -0.15) is 0 Å². The van der Waals surface area contributed by atoms with Crippen LogP contribution in [0.4, 0.5) is 0 Å². The second-order valence-electron chi connectivity index (χ2n) is 6.05. The fourth-order valence-corrected chi connectivity index (χ4v) is 4.86. The summed E-state index contributed by atoms with van der Waals surface area (Å²) < 4.78 is 28.5. The highest BCUT2D eigenvalue weighted by molar-refractivity contribution is 7.91. The van der Waals surface area contributed by atoms with Gasteiger partial charge < -0.3 is 14.2 Å². The quantitative estimate of drug-likeness (QED) is 0.777. The van der Waals surface area contributed by atoms with E-state index in [-0.39, 0.29) is 23.3 Å². The molecular formula is C15H20N2O5S. The average Bonchev–Trinajstić information content (AvgIpc) is 3.07. The van der Waals surface area contributed by atoms with Gasteiger partial charge in [-0.1, -0.05) is 0 Å². The van der Waals surface area contributed by atoms with Crippen molar-refractivity contribution in [1.82, 2.24) is 9.80 Å². The smallest absolute Gasteiger partial charge is 0.289 e. The van der Waals surface area contributed by atoms with Gasteiger partial charge in [0.05, 0.1) is 23.7 Å². The Morgan fingerprint density at radius 1 is 1.13 bits per heavy atom. The predicted octanol–water partition coefficient (Wildman–Crippen LogP) is 0.389. The molecule has 0 bridgehead atoms. The Kier molecular flexibility index (Phi) is 4.43. The van der Waals surface area contributed by atoms with Crippen LogP contribution < -0.4 is 0 Å². The molecule has 0 aromatic carbocycles. The van der Waals surface area contributed by atoms with Crippen LogP contribution in [0.25, 0.3) is 0 Å². The first kappa shape index (κ1) is 16.0. The van der Waals surface area contributed by atoms with Crippen LogP contribution in [0.2, 0.25) is 0 Å². The van der Waals surface area contributed by atoms with Crippen LogP contribution in [0.3, 0.4) is 0 Å². The van der Waals surface area contributed by atoms with Crippen LogP contribution in [0.15, 0.2) is 22.8 Å². The second kappa shape index (κ2) is 6.35. The molecule has 0 aliphatic carbocycles. The lowest BCUT2D eigenvalue weighted by atomic mass is 10.0. The van der Waals surface area contributed by atoms with Gasteiger partial charge in [-0.25, -0.2) is 8.42 Å². The Bertz CT molecular complexity index is 675. The van der Waals surface area contributed by atoms with Gasteiger partial charge in [0.15, 0.2) is 15.6 Å². The normalized spacial score (nSPS) is 24.4. The molecule has 0 radical (unpaired) electrons. The number of carbonyl (C=O) groups is 2. The molecule has 126 valence electrons. The molecule has 7 nitrogen and oxygen atoms in total. The largest absolute Gasteiger partial charge is 0.459 e. The summed E-state index contributed by atoms with van der Waals surface area (Å²) in [5, 5.41) is 0. The van der Waals surface area contributed by atoms with E-state index in [9.17, 15) is 18.0 Å². The van der Waals surface area contributed by atoms with Gasteiger partial charge >= 0.3 is 0 Å². The second-order valence-corrected chi connectivity index (χ2v) is 8.28. The van der Waals surface area contributed by atoms with E-state index < -0.39 is 15.8 Å². The van der Waals surface area contributed by atoms with Crippen LogP contribution in [0.1, 0.15) is 23.4 Å². The highest BCUT2D eigenvalue weighted by atomic mass is 32.2. The fourth-order valence-electron chi connectivity index (χ4n) is 3.16. The van der Waals surface area contributed by atoms with Crippen molar-refractivity contribution in [3.8, 4) is 0 Å². The van der Waals surface area contributed by atoms with Crippen LogP contribution in [0, 0.1) is 5.92 Å². The molecule has 0 saturated carbocycles. The third kappa shape index (κ3) is 3.57. The SMILES string of the molecule is O=C(c1ccco1)N1CCN(C(=O)C2CCCS(=O)(=O)C2)CC1. The molecule has 1 atom stereocenters. The predicted molar refractivity (Wildman–Crippen MR) is 82.6 cm³/mol. The minimum atomic E-state index is -3.09. The summed E-state index contributed by atoms with van der Waals surface area (Å²) in [5.74, 6) is -0.274. The van der Waals surface area contributed by atoms with Crippen molar-refractivity contribution in [2.24, 2.45) is 5.92 Å². The first-order chi connectivity index (χ1) is 11.0. The summed E-state index contributed by atoms with van der Waals surface area (Å²) in [7, 11) is -3.09. The topological polar surface area (TPSA) is 87.9 Å². The molecule has 3 heterocycles. The maximum absolute atomic E-state index is 12.5. The Balaban J connectivity index is 1.56. The van der Waals surface area contributed by atoms with Gasteiger partial charge in [0.2, 0.25) is 5.91 Å². The first-order valence-corrected chi connectivity index (χ1v) is 9.60. The molecule has 2 saturated heterocycles. The van der Waals surface area contributed by atoms with Crippen molar-refractivity contribution in [2.45, 2.75) is 12.8 Å². The summed E-state index contributed by atoms with van der Waals surface area (Å²) in [6.45, 7) is 1.74. The zero-order valence-corrected chi connectivity index (χ0v) is 13.6. The molecule has 3 rings (SSSR count). The van der Waals surface area contributed by atoms with Crippen LogP contribution in [-0.4, -0.2) is 67.7 Å². The summed E-state index contributed by atoms with van der Waals surface area (Å²) in [6.07, 6.45) is 2.63. The molecule has 2 aliphatic rings. The highest BCUT2D eigenvalue weighted by Gasteiger charge is 2.34. The van der Waals surface area contributed by atoms with E-state index in [1.807, 2.05) is 0 Å². The molecule has 2 fully saturated rings. The number of sulfone groups is 1. The molecule has 2 amide bonds. The number of hydrogen-bond donors (Lipinski definition) is 0. The highest BCUT2D eigenvalue weighted by Crippen LogP contribution is 2.21. The zero-order chi connectivity index (χ0) is 16.4. The van der Waals surface area contributed by atoms with Crippen molar-refractivity contribution < 1.29 is 22.4 Å². The van der Waals surface area contributed by atoms with Gasteiger partial charge in [-0.15, -0.1) is 0 Å². The maximum atomic E-state index is 12.5. The Morgan fingerprint density at radius 3 is 2.43 bits per heavy atom. The minimum Gasteiger partial charge on any atom is -0.459 e. The van der Waals surface area contributed by atoms with E-state index in [1.165, 1.54) is 6.26 Å². The Labute approximate surface area is 135 Å². The number of furan rings is 1. The van der Waals surface area contributed by atoms with Crippen molar-refractivity contribution in [3.05, 3.63) is 24.2 Å². The zero-order valence-electron chi connectivity index (χ0n) is 12.8. The van der Waals surface area contributed by atoms with E-state index in [0.29, 0.717) is 44.8 Å². The van der Waals surface area contributed by atoms with Crippen LogP contribution >= 0.6 is 0 Å². The van der Waals surface area contributed by atoms with Crippen molar-refractivity contribution >= 4 is 21.7 Å². The van der Waals surface area contributed by atoms with Gasteiger partial charge in [0.25, 0.3) is 5.91 Å². The number of amides is 2. The summed E-state index contributed by atoms with van der Waals surface area (Å²) in [6, 6.07) is 3.28. The van der Waals surface area contributed by atoms with Gasteiger partial charge in [0, 0.05) is 26.2 Å². The Hall–Kier alpha value is -1.83. The number of piperazine rings is 1. The Morgan fingerprint density at radius 2 is 1.83 bits per heavy atom. The van der Waals surface area contributed by atoms with Crippen LogP contribution in [0.5, 0.6) is 0 Å². The summed E-state index contributed by atoms with van der Waals surface area (Å²) >= 11 is 0. The molecule has 0 spiro atoms. The number of carbonyl (C=O) groups excluding carboxylic acids is 2. The van der Waals surface area contributed by atoms with E-state index in [1.54, 1.807) is 21.9 Å². The van der Waals surface area contributed by atoms with Crippen LogP contribution in [-0.2, 0) is 14.6 Å². The lowest BCUT2D eigenvalue weighted by molar-refractivity contribution is -0.136.